The van der Waals surface area contributed by atoms with Gasteiger partial charge in [-0.2, -0.15) is 5.26 Å². The molecule has 12 heavy (non-hydrogen) atoms. The van der Waals surface area contributed by atoms with E-state index >= 15 is 0 Å². The molecule has 0 bridgehead atoms. The van der Waals surface area contributed by atoms with Crippen LogP contribution in [-0.4, -0.2) is 12.6 Å². The molecule has 1 unspecified atom stereocenters. The van der Waals surface area contributed by atoms with Crippen molar-refractivity contribution >= 4 is 0 Å². The molecular formula is C9H21N3. The molecule has 0 rings (SSSR count). The van der Waals surface area contributed by atoms with E-state index in [2.05, 4.69) is 6.92 Å². The Morgan fingerprint density at radius 1 is 1.33 bits per heavy atom. The third kappa shape index (κ3) is 22.7. The van der Waals surface area contributed by atoms with Crippen LogP contribution in [0, 0.1) is 11.3 Å². The summed E-state index contributed by atoms with van der Waals surface area (Å²) in [6.07, 6.45) is 5.16. The van der Waals surface area contributed by atoms with Gasteiger partial charge in [0.2, 0.25) is 0 Å². The Hall–Kier alpha value is -0.590. The van der Waals surface area contributed by atoms with Gasteiger partial charge < -0.3 is 11.5 Å². The van der Waals surface area contributed by atoms with Crippen LogP contribution in [0.1, 0.15) is 39.5 Å². The Kier molecular flexibility index (Phi) is 15.2. The van der Waals surface area contributed by atoms with Crippen LogP contribution in [0.5, 0.6) is 0 Å². The first-order valence-corrected chi connectivity index (χ1v) is 4.54. The second-order valence-electron chi connectivity index (χ2n) is 2.77. The number of unbranched alkanes of at least 4 members (excludes halogenated alkanes) is 3. The van der Waals surface area contributed by atoms with E-state index in [-0.39, 0.29) is 6.04 Å². The molecule has 0 spiro atoms. The summed E-state index contributed by atoms with van der Waals surface area (Å²) in [5.41, 5.74) is 10.2. The van der Waals surface area contributed by atoms with Crippen molar-refractivity contribution in [2.75, 3.05) is 6.54 Å². The topological polar surface area (TPSA) is 75.8 Å². The van der Waals surface area contributed by atoms with Gasteiger partial charge in [0.05, 0.1) is 12.1 Å². The van der Waals surface area contributed by atoms with Gasteiger partial charge in [-0.25, -0.2) is 0 Å². The minimum Gasteiger partial charge on any atom is -0.330 e. The first kappa shape index (κ1) is 14.0. The fraction of sp³-hybridized carbons (Fsp3) is 0.889. The Bertz CT molecular complexity index is 101. The van der Waals surface area contributed by atoms with Gasteiger partial charge in [-0.15, -0.1) is 0 Å². The van der Waals surface area contributed by atoms with Crippen LogP contribution in [0.15, 0.2) is 0 Å². The molecular weight excluding hydrogens is 150 g/mol. The third-order valence-corrected chi connectivity index (χ3v) is 1.26. The molecule has 0 aliphatic heterocycles. The summed E-state index contributed by atoms with van der Waals surface area (Å²) in [6, 6.07) is 1.50. The maximum atomic E-state index is 7.77. The zero-order valence-corrected chi connectivity index (χ0v) is 8.21. The zero-order chi connectivity index (χ0) is 9.82. The number of hydrogen-bond acceptors (Lipinski definition) is 3. The highest BCUT2D eigenvalue weighted by Crippen LogP contribution is 1.95. The van der Waals surface area contributed by atoms with E-state index in [1.165, 1.54) is 25.7 Å². The summed E-state index contributed by atoms with van der Waals surface area (Å²) in [5, 5.41) is 7.77. The molecule has 0 aliphatic rings. The van der Waals surface area contributed by atoms with Crippen molar-refractivity contribution in [3.05, 3.63) is 0 Å². The van der Waals surface area contributed by atoms with Crippen molar-refractivity contribution in [2.24, 2.45) is 11.5 Å². The summed E-state index contributed by atoms with van der Waals surface area (Å²) in [6.45, 7) is 4.70. The smallest absolute Gasteiger partial charge is 0.0899 e. The fourth-order valence-corrected chi connectivity index (χ4v) is 0.571. The van der Waals surface area contributed by atoms with Crippen molar-refractivity contribution in [3.63, 3.8) is 0 Å². The van der Waals surface area contributed by atoms with E-state index in [4.69, 9.17) is 16.7 Å². The summed E-state index contributed by atoms with van der Waals surface area (Å²) >= 11 is 0. The lowest BCUT2D eigenvalue weighted by Gasteiger charge is -1.90. The molecule has 0 saturated carbocycles. The van der Waals surface area contributed by atoms with Crippen molar-refractivity contribution < 1.29 is 0 Å². The minimum absolute atomic E-state index is 0.310. The predicted octanol–water partition coefficient (Wildman–Crippen LogP) is 1.38. The van der Waals surface area contributed by atoms with Crippen LogP contribution in [0.3, 0.4) is 0 Å². The van der Waals surface area contributed by atoms with Crippen molar-refractivity contribution in [1.82, 2.24) is 0 Å². The fourth-order valence-electron chi connectivity index (χ4n) is 0.571. The van der Waals surface area contributed by atoms with Gasteiger partial charge >= 0.3 is 0 Å². The molecule has 0 aliphatic carbocycles. The molecule has 0 aromatic rings. The van der Waals surface area contributed by atoms with E-state index in [9.17, 15) is 0 Å². The number of nitrogens with zero attached hydrogens (tertiary/aromatic N) is 1. The number of hydrogen-bond donors (Lipinski definition) is 2. The minimum atomic E-state index is -0.310. The standard InChI is InChI=1S/C6H15N.C3H6N2/c1-2-3-4-5-6-7;1-3(5)2-4/h2-7H2,1H3;3H,5H2,1H3. The first-order chi connectivity index (χ1) is 5.68. The molecule has 72 valence electrons. The molecule has 4 N–H and O–H groups in total. The second kappa shape index (κ2) is 13.0. The van der Waals surface area contributed by atoms with E-state index in [0.717, 1.165) is 6.54 Å². The predicted molar refractivity (Wildman–Crippen MR) is 52.5 cm³/mol. The molecule has 0 heterocycles. The molecule has 0 aromatic carbocycles. The Balaban J connectivity index is 0. The summed E-state index contributed by atoms with van der Waals surface area (Å²) in [4.78, 5) is 0. The monoisotopic (exact) mass is 171 g/mol. The first-order valence-electron chi connectivity index (χ1n) is 4.54. The normalized spacial score (nSPS) is 10.9. The number of nitrogens with two attached hydrogens (primary N) is 2. The van der Waals surface area contributed by atoms with Crippen LogP contribution in [0.25, 0.3) is 0 Å². The van der Waals surface area contributed by atoms with Gasteiger partial charge in [0.25, 0.3) is 0 Å². The zero-order valence-electron chi connectivity index (χ0n) is 8.21. The van der Waals surface area contributed by atoms with Crippen molar-refractivity contribution in [1.29, 1.82) is 5.26 Å². The highest BCUT2D eigenvalue weighted by Gasteiger charge is 1.80. The van der Waals surface area contributed by atoms with E-state index in [0.29, 0.717) is 0 Å². The van der Waals surface area contributed by atoms with Crippen molar-refractivity contribution in [3.8, 4) is 6.07 Å². The van der Waals surface area contributed by atoms with Crippen molar-refractivity contribution in [2.45, 2.75) is 45.6 Å². The van der Waals surface area contributed by atoms with E-state index in [1.54, 1.807) is 13.0 Å². The summed E-state index contributed by atoms with van der Waals surface area (Å²) in [7, 11) is 0. The summed E-state index contributed by atoms with van der Waals surface area (Å²) < 4.78 is 0. The van der Waals surface area contributed by atoms with E-state index in [1.807, 2.05) is 0 Å². The van der Waals surface area contributed by atoms with Gasteiger partial charge in [-0.05, 0) is 19.9 Å². The summed E-state index contributed by atoms with van der Waals surface area (Å²) in [5.74, 6) is 0. The molecule has 1 atom stereocenters. The maximum absolute atomic E-state index is 7.77. The lowest BCUT2D eigenvalue weighted by Crippen LogP contribution is -2.09. The maximum Gasteiger partial charge on any atom is 0.0899 e. The van der Waals surface area contributed by atoms with Gasteiger partial charge in [0.1, 0.15) is 0 Å². The molecule has 3 nitrogen and oxygen atoms in total. The lowest BCUT2D eigenvalue weighted by atomic mass is 10.2. The van der Waals surface area contributed by atoms with Gasteiger partial charge in [-0.3, -0.25) is 0 Å². The quantitative estimate of drug-likeness (QED) is 0.627. The highest BCUT2D eigenvalue weighted by atomic mass is 14.6. The Morgan fingerprint density at radius 3 is 2.08 bits per heavy atom. The van der Waals surface area contributed by atoms with Gasteiger partial charge in [0, 0.05) is 0 Å². The van der Waals surface area contributed by atoms with Crippen LogP contribution in [0.2, 0.25) is 0 Å². The van der Waals surface area contributed by atoms with Crippen LogP contribution < -0.4 is 11.5 Å². The lowest BCUT2D eigenvalue weighted by molar-refractivity contribution is 0.674. The highest BCUT2D eigenvalue weighted by molar-refractivity contribution is 4.80. The third-order valence-electron chi connectivity index (χ3n) is 1.26. The van der Waals surface area contributed by atoms with Crippen LogP contribution >= 0.6 is 0 Å². The van der Waals surface area contributed by atoms with Crippen LogP contribution in [0.4, 0.5) is 0 Å². The second-order valence-corrected chi connectivity index (χ2v) is 2.77. The Morgan fingerprint density at radius 2 is 1.83 bits per heavy atom. The molecule has 0 amide bonds. The number of rotatable bonds is 4. The SMILES string of the molecule is CC(N)C#N.CCCCCCN. The van der Waals surface area contributed by atoms with Gasteiger partial charge in [-0.1, -0.05) is 26.2 Å². The largest absolute Gasteiger partial charge is 0.330 e. The molecule has 0 fully saturated rings. The molecule has 3 heteroatoms. The van der Waals surface area contributed by atoms with Gasteiger partial charge in [0.15, 0.2) is 0 Å². The molecule has 0 saturated heterocycles. The van der Waals surface area contributed by atoms with E-state index < -0.39 is 0 Å². The average Bonchev–Trinajstić information content (AvgIpc) is 2.07. The molecule has 0 aromatic heterocycles. The average molecular weight is 171 g/mol. The Labute approximate surface area is 75.7 Å². The van der Waals surface area contributed by atoms with Crippen LogP contribution in [-0.2, 0) is 0 Å². The molecule has 0 radical (unpaired) electrons. The number of nitriles is 1.